The van der Waals surface area contributed by atoms with Crippen LogP contribution in [0.5, 0.6) is 0 Å². The van der Waals surface area contributed by atoms with E-state index in [9.17, 15) is 14.3 Å². The highest BCUT2D eigenvalue weighted by atomic mass is 32.2. The van der Waals surface area contributed by atoms with E-state index in [1.807, 2.05) is 12.3 Å². The van der Waals surface area contributed by atoms with Crippen LogP contribution in [0.15, 0.2) is 59.6 Å². The monoisotopic (exact) mass is 482 g/mol. The average molecular weight is 483 g/mol. The van der Waals surface area contributed by atoms with Gasteiger partial charge in [0, 0.05) is 35.2 Å². The molecule has 4 rings (SSSR count). The van der Waals surface area contributed by atoms with Gasteiger partial charge >= 0.3 is 0 Å². The summed E-state index contributed by atoms with van der Waals surface area (Å²) in [5, 5.41) is 12.7. The Labute approximate surface area is 202 Å². The van der Waals surface area contributed by atoms with Crippen molar-refractivity contribution in [2.45, 2.75) is 36.1 Å². The topological polar surface area (TPSA) is 110 Å². The van der Waals surface area contributed by atoms with E-state index in [1.165, 1.54) is 11.8 Å². The van der Waals surface area contributed by atoms with Crippen LogP contribution >= 0.6 is 11.8 Å². The minimum atomic E-state index is -2.35. The number of amides is 1. The molecule has 9 heteroatoms. The molecule has 1 saturated heterocycles. The van der Waals surface area contributed by atoms with Crippen LogP contribution < -0.4 is 11.1 Å². The number of carbonyl (C=O) groups is 1. The molecule has 34 heavy (non-hydrogen) atoms. The van der Waals surface area contributed by atoms with E-state index in [0.717, 1.165) is 23.4 Å². The van der Waals surface area contributed by atoms with E-state index in [1.54, 1.807) is 48.7 Å². The molecule has 0 aliphatic carbocycles. The third-order valence-corrected chi connectivity index (χ3v) is 6.69. The van der Waals surface area contributed by atoms with Gasteiger partial charge < -0.3 is 20.9 Å². The highest BCUT2D eigenvalue weighted by Gasteiger charge is 2.29. The molecule has 7 nitrogen and oxygen atoms in total. The average Bonchev–Trinajstić information content (AvgIpc) is 2.88. The van der Waals surface area contributed by atoms with E-state index in [4.69, 9.17) is 15.5 Å². The van der Waals surface area contributed by atoms with Crippen molar-refractivity contribution in [3.05, 3.63) is 71.5 Å². The maximum atomic E-state index is 14.6. The Hall–Kier alpha value is -3.01. The number of alkyl halides is 1. The molecule has 1 aromatic heterocycles. The van der Waals surface area contributed by atoms with Gasteiger partial charge in [0.15, 0.2) is 0 Å². The summed E-state index contributed by atoms with van der Waals surface area (Å²) in [6, 6.07) is 12.4. The van der Waals surface area contributed by atoms with Crippen LogP contribution in [0.25, 0.3) is 11.3 Å². The zero-order valence-electron chi connectivity index (χ0n) is 18.8. The van der Waals surface area contributed by atoms with E-state index in [2.05, 4.69) is 10.3 Å². The summed E-state index contributed by atoms with van der Waals surface area (Å²) < 4.78 is 20.0. The first kappa shape index (κ1) is 24.1. The summed E-state index contributed by atoms with van der Waals surface area (Å²) >= 11 is 1.44. The number of aliphatic hydroxyl groups is 1. The normalized spacial score (nSPS) is 16.1. The third-order valence-electron chi connectivity index (χ3n) is 5.91. The summed E-state index contributed by atoms with van der Waals surface area (Å²) in [4.78, 5) is 22.8. The SMILES string of the molecule is CSc1cccc([C@H](NC(=O)c2ccccc2)[C@@H](O)F)c1-c1nc(C2CCOCC2)cnc1N. The molecule has 0 unspecified atom stereocenters. The van der Waals surface area contributed by atoms with Gasteiger partial charge in [-0.15, -0.1) is 11.8 Å². The number of nitrogens with two attached hydrogens (primary N) is 1. The number of nitrogens with one attached hydrogen (secondary N) is 1. The smallest absolute Gasteiger partial charge is 0.251 e. The molecular formula is C25H27FN4O3S. The zero-order chi connectivity index (χ0) is 24.1. The molecule has 2 aromatic carbocycles. The molecule has 1 aliphatic heterocycles. The molecule has 2 heterocycles. The Morgan fingerprint density at radius 2 is 1.94 bits per heavy atom. The number of aromatic nitrogens is 2. The number of nitrogen functional groups attached to an aromatic ring is 1. The first-order valence-electron chi connectivity index (χ1n) is 11.0. The minimum Gasteiger partial charge on any atom is -0.382 e. The summed E-state index contributed by atoms with van der Waals surface area (Å²) in [7, 11) is 0. The Morgan fingerprint density at radius 3 is 2.62 bits per heavy atom. The van der Waals surface area contributed by atoms with Crippen LogP contribution in [0, 0.1) is 0 Å². The number of aliphatic hydroxyl groups excluding tert-OH is 1. The largest absolute Gasteiger partial charge is 0.382 e. The van der Waals surface area contributed by atoms with Gasteiger partial charge in [0.1, 0.15) is 17.6 Å². The standard InChI is InChI=1S/C25H27FN4O3S/c1-34-19-9-5-8-17(21(23(26)31)30-25(32)16-6-3-2-4-7-16)20(19)22-24(27)28-14-18(29-22)15-10-12-33-13-11-15/h2-9,14-15,21,23,31H,10-13H2,1H3,(H2,27,28)(H,30,32)/t21-,23+/m0/s1. The highest BCUT2D eigenvalue weighted by molar-refractivity contribution is 7.98. The fourth-order valence-corrected chi connectivity index (χ4v) is 4.76. The van der Waals surface area contributed by atoms with E-state index >= 15 is 0 Å². The molecule has 3 aromatic rings. The lowest BCUT2D eigenvalue weighted by Crippen LogP contribution is -2.35. The molecule has 0 spiro atoms. The van der Waals surface area contributed by atoms with Crippen LogP contribution in [0.4, 0.5) is 10.2 Å². The molecule has 1 fully saturated rings. The van der Waals surface area contributed by atoms with E-state index < -0.39 is 18.3 Å². The first-order chi connectivity index (χ1) is 16.5. The lowest BCUT2D eigenvalue weighted by molar-refractivity contribution is 0.00648. The number of hydrogen-bond acceptors (Lipinski definition) is 7. The fourth-order valence-electron chi connectivity index (χ4n) is 4.13. The molecule has 0 bridgehead atoms. The summed E-state index contributed by atoms with van der Waals surface area (Å²) in [5.41, 5.74) is 8.73. The van der Waals surface area contributed by atoms with Crippen LogP contribution in [-0.2, 0) is 4.74 Å². The molecule has 0 radical (unpaired) electrons. The summed E-state index contributed by atoms with van der Waals surface area (Å²) in [6.45, 7) is 1.31. The van der Waals surface area contributed by atoms with Crippen molar-refractivity contribution in [3.63, 3.8) is 0 Å². The first-order valence-corrected chi connectivity index (χ1v) is 12.3. The van der Waals surface area contributed by atoms with E-state index in [0.29, 0.717) is 35.6 Å². The Balaban J connectivity index is 1.79. The number of ether oxygens (including phenoxy) is 1. The van der Waals surface area contributed by atoms with Crippen molar-refractivity contribution in [1.82, 2.24) is 15.3 Å². The lowest BCUT2D eigenvalue weighted by atomic mass is 9.94. The second kappa shape index (κ2) is 10.9. The highest BCUT2D eigenvalue weighted by Crippen LogP contribution is 2.39. The molecule has 2 atom stereocenters. The quantitative estimate of drug-likeness (QED) is 0.435. The number of rotatable bonds is 7. The maximum Gasteiger partial charge on any atom is 0.251 e. The number of benzene rings is 2. The Bertz CT molecular complexity index is 1140. The maximum absolute atomic E-state index is 14.6. The molecule has 1 aliphatic rings. The van der Waals surface area contributed by atoms with Gasteiger partial charge in [0.05, 0.1) is 11.9 Å². The number of carbonyl (C=O) groups excluding carboxylic acids is 1. The van der Waals surface area contributed by atoms with Gasteiger partial charge in [-0.2, -0.15) is 0 Å². The summed E-state index contributed by atoms with van der Waals surface area (Å²) in [6.07, 6.45) is 2.87. The molecule has 1 amide bonds. The Kier molecular flexibility index (Phi) is 7.77. The van der Waals surface area contributed by atoms with Crippen molar-refractivity contribution in [1.29, 1.82) is 0 Å². The second-order valence-electron chi connectivity index (χ2n) is 8.03. The van der Waals surface area contributed by atoms with Crippen molar-refractivity contribution in [2.75, 3.05) is 25.2 Å². The van der Waals surface area contributed by atoms with Gasteiger partial charge in [-0.1, -0.05) is 30.3 Å². The van der Waals surface area contributed by atoms with Crippen LogP contribution in [0.1, 0.15) is 46.4 Å². The van der Waals surface area contributed by atoms with Gasteiger partial charge in [-0.05, 0) is 42.9 Å². The zero-order valence-corrected chi connectivity index (χ0v) is 19.6. The van der Waals surface area contributed by atoms with Crippen LogP contribution in [0.2, 0.25) is 0 Å². The number of anilines is 1. The number of nitrogens with zero attached hydrogens (tertiary/aromatic N) is 2. The Morgan fingerprint density at radius 1 is 1.21 bits per heavy atom. The van der Waals surface area contributed by atoms with Gasteiger partial charge in [-0.25, -0.2) is 14.4 Å². The van der Waals surface area contributed by atoms with Crippen LogP contribution in [-0.4, -0.2) is 46.8 Å². The fraction of sp³-hybridized carbons (Fsp3) is 0.320. The summed E-state index contributed by atoms with van der Waals surface area (Å²) in [5.74, 6) is -0.122. The molecule has 4 N–H and O–H groups in total. The van der Waals surface area contributed by atoms with Crippen molar-refractivity contribution in [3.8, 4) is 11.3 Å². The minimum absolute atomic E-state index is 0.186. The number of hydrogen-bond donors (Lipinski definition) is 3. The van der Waals surface area contributed by atoms with Crippen molar-refractivity contribution in [2.24, 2.45) is 0 Å². The van der Waals surface area contributed by atoms with E-state index in [-0.39, 0.29) is 11.7 Å². The second-order valence-corrected chi connectivity index (χ2v) is 8.88. The van der Waals surface area contributed by atoms with Crippen LogP contribution in [0.3, 0.4) is 0 Å². The predicted octanol–water partition coefficient (Wildman–Crippen LogP) is 4.10. The van der Waals surface area contributed by atoms with Gasteiger partial charge in [0.25, 0.3) is 5.91 Å². The number of thioether (sulfide) groups is 1. The molecule has 178 valence electrons. The van der Waals surface area contributed by atoms with Crippen molar-refractivity contribution >= 4 is 23.5 Å². The third kappa shape index (κ3) is 5.22. The predicted molar refractivity (Wildman–Crippen MR) is 130 cm³/mol. The molecular weight excluding hydrogens is 455 g/mol. The van der Waals surface area contributed by atoms with Gasteiger partial charge in [0.2, 0.25) is 6.36 Å². The van der Waals surface area contributed by atoms with Gasteiger partial charge in [-0.3, -0.25) is 4.79 Å². The number of halogens is 1. The lowest BCUT2D eigenvalue weighted by Gasteiger charge is -2.25. The molecule has 0 saturated carbocycles. The van der Waals surface area contributed by atoms with Crippen molar-refractivity contribution < 1.29 is 19.0 Å².